The molecule has 0 aliphatic heterocycles. The topological polar surface area (TPSA) is 90.9 Å². The minimum absolute atomic E-state index is 0.0114. The predicted octanol–water partition coefficient (Wildman–Crippen LogP) is -1.19. The molecule has 0 unspecified atom stereocenters. The molecule has 0 aliphatic carbocycles. The number of nitrogens with two attached hydrogens (primary N) is 1. The third-order valence-electron chi connectivity index (χ3n) is 1.78. The summed E-state index contributed by atoms with van der Waals surface area (Å²) in [7, 11) is -1.95. The highest BCUT2D eigenvalue weighted by molar-refractivity contribution is 7.80. The first kappa shape index (κ1) is 13.5. The van der Waals surface area contributed by atoms with E-state index in [1.165, 1.54) is 0 Å². The lowest BCUT2D eigenvalue weighted by molar-refractivity contribution is 0.425. The van der Waals surface area contributed by atoms with E-state index in [2.05, 4.69) is 22.7 Å². The Morgan fingerprint density at radius 3 is 2.53 bits per heavy atom. The standard InChI is InChI=1S/C8H8BF2N3O2S/c10-6-1-4(3-13-14-8(12)17)5(9(15)16)2-7(6)11/h1-3,15-16H,(H3,12,14,17). The van der Waals surface area contributed by atoms with Gasteiger partial charge in [-0.15, -0.1) is 0 Å². The van der Waals surface area contributed by atoms with Crippen LogP contribution in [0.2, 0.25) is 0 Å². The predicted molar refractivity (Wildman–Crippen MR) is 63.7 cm³/mol. The lowest BCUT2D eigenvalue weighted by Crippen LogP contribution is -2.34. The summed E-state index contributed by atoms with van der Waals surface area (Å²) >= 11 is 4.46. The van der Waals surface area contributed by atoms with Crippen molar-refractivity contribution in [3.63, 3.8) is 0 Å². The summed E-state index contributed by atoms with van der Waals surface area (Å²) in [5, 5.41) is 21.3. The fourth-order valence-corrected chi connectivity index (χ4v) is 1.13. The van der Waals surface area contributed by atoms with Gasteiger partial charge in [-0.3, -0.25) is 5.43 Å². The summed E-state index contributed by atoms with van der Waals surface area (Å²) in [5.74, 6) is -2.32. The highest BCUT2D eigenvalue weighted by Crippen LogP contribution is 2.06. The first-order valence-electron chi connectivity index (χ1n) is 4.35. The fourth-order valence-electron chi connectivity index (χ4n) is 1.08. The molecule has 0 spiro atoms. The number of hydrogen-bond acceptors (Lipinski definition) is 4. The molecule has 0 heterocycles. The van der Waals surface area contributed by atoms with Gasteiger partial charge in [-0.25, -0.2) is 8.78 Å². The van der Waals surface area contributed by atoms with Gasteiger partial charge >= 0.3 is 7.12 Å². The molecule has 1 aromatic rings. The Labute approximate surface area is 101 Å². The summed E-state index contributed by atoms with van der Waals surface area (Å²) in [6.45, 7) is 0. The largest absolute Gasteiger partial charge is 0.489 e. The van der Waals surface area contributed by atoms with Gasteiger partial charge in [0.25, 0.3) is 0 Å². The van der Waals surface area contributed by atoms with E-state index < -0.39 is 18.8 Å². The van der Waals surface area contributed by atoms with Crippen LogP contribution >= 0.6 is 12.2 Å². The van der Waals surface area contributed by atoms with Crippen LogP contribution in [0.4, 0.5) is 8.78 Å². The van der Waals surface area contributed by atoms with Crippen molar-refractivity contribution >= 4 is 36.1 Å². The number of thiocarbonyl (C=S) groups is 1. The number of nitrogens with one attached hydrogen (secondary N) is 1. The maximum atomic E-state index is 12.9. The summed E-state index contributed by atoms with van der Waals surface area (Å²) in [6, 6.07) is 1.44. The normalized spacial score (nSPS) is 10.6. The lowest BCUT2D eigenvalue weighted by atomic mass is 9.77. The number of hydrogen-bond donors (Lipinski definition) is 4. The van der Waals surface area contributed by atoms with Crippen molar-refractivity contribution in [3.05, 3.63) is 29.3 Å². The molecule has 1 rings (SSSR count). The second-order valence-electron chi connectivity index (χ2n) is 3.00. The fraction of sp³-hybridized carbons (Fsp3) is 0. The Bertz CT molecular complexity index is 470. The van der Waals surface area contributed by atoms with E-state index in [0.717, 1.165) is 12.3 Å². The van der Waals surface area contributed by atoms with Crippen LogP contribution in [0.15, 0.2) is 17.2 Å². The molecule has 5 nitrogen and oxygen atoms in total. The number of nitrogens with zero attached hydrogens (tertiary/aromatic N) is 1. The molecule has 0 aromatic heterocycles. The second kappa shape index (κ2) is 5.66. The van der Waals surface area contributed by atoms with Gasteiger partial charge in [0.2, 0.25) is 0 Å². The maximum absolute atomic E-state index is 12.9. The van der Waals surface area contributed by atoms with E-state index in [4.69, 9.17) is 15.8 Å². The Morgan fingerprint density at radius 1 is 1.41 bits per heavy atom. The molecule has 0 amide bonds. The molecule has 9 heteroatoms. The van der Waals surface area contributed by atoms with Gasteiger partial charge in [0.05, 0.1) is 6.21 Å². The number of hydrazone groups is 1. The average Bonchev–Trinajstić information content (AvgIpc) is 2.22. The van der Waals surface area contributed by atoms with Gasteiger partial charge in [-0.1, -0.05) is 0 Å². The molecular formula is C8H8BF2N3O2S. The summed E-state index contributed by atoms with van der Waals surface area (Å²) in [6.07, 6.45) is 1.04. The van der Waals surface area contributed by atoms with E-state index in [9.17, 15) is 8.78 Å². The van der Waals surface area contributed by atoms with Crippen LogP contribution < -0.4 is 16.6 Å². The smallest absolute Gasteiger partial charge is 0.423 e. The molecule has 1 aromatic carbocycles. The van der Waals surface area contributed by atoms with Crippen molar-refractivity contribution in [3.8, 4) is 0 Å². The van der Waals surface area contributed by atoms with Crippen LogP contribution in [-0.4, -0.2) is 28.5 Å². The van der Waals surface area contributed by atoms with Crippen molar-refractivity contribution in [2.45, 2.75) is 0 Å². The van der Waals surface area contributed by atoms with Crippen molar-refractivity contribution in [1.29, 1.82) is 0 Å². The van der Waals surface area contributed by atoms with Crippen molar-refractivity contribution in [2.75, 3.05) is 0 Å². The number of rotatable bonds is 3. The van der Waals surface area contributed by atoms with Gasteiger partial charge in [-0.2, -0.15) is 5.10 Å². The van der Waals surface area contributed by atoms with E-state index in [-0.39, 0.29) is 16.1 Å². The molecule has 5 N–H and O–H groups in total. The van der Waals surface area contributed by atoms with Crippen LogP contribution in [0, 0.1) is 11.6 Å². The minimum Gasteiger partial charge on any atom is -0.423 e. The third kappa shape index (κ3) is 3.73. The molecule has 90 valence electrons. The lowest BCUT2D eigenvalue weighted by Gasteiger charge is -2.05. The van der Waals surface area contributed by atoms with Gasteiger partial charge in [0, 0.05) is 0 Å². The summed E-state index contributed by atoms with van der Waals surface area (Å²) in [4.78, 5) is 0. The molecule has 0 radical (unpaired) electrons. The quantitative estimate of drug-likeness (QED) is 0.237. The second-order valence-corrected chi connectivity index (χ2v) is 3.44. The Balaban J connectivity index is 3.08. The van der Waals surface area contributed by atoms with E-state index in [0.29, 0.717) is 6.07 Å². The minimum atomic E-state index is -1.95. The van der Waals surface area contributed by atoms with Gasteiger partial charge in [0.1, 0.15) is 0 Å². The SMILES string of the molecule is NC(=S)NN=Cc1cc(F)c(F)cc1B(O)O. The molecule has 0 saturated heterocycles. The van der Waals surface area contributed by atoms with Gasteiger partial charge in [-0.05, 0) is 35.4 Å². The molecule has 0 fully saturated rings. The zero-order valence-corrected chi connectivity index (χ0v) is 9.21. The highest BCUT2D eigenvalue weighted by Gasteiger charge is 2.18. The van der Waals surface area contributed by atoms with E-state index in [1.54, 1.807) is 0 Å². The Morgan fingerprint density at radius 2 is 2.00 bits per heavy atom. The Kier molecular flexibility index (Phi) is 4.49. The van der Waals surface area contributed by atoms with E-state index in [1.807, 2.05) is 0 Å². The molecule has 0 aliphatic rings. The molecule has 0 bridgehead atoms. The zero-order valence-electron chi connectivity index (χ0n) is 8.39. The molecule has 17 heavy (non-hydrogen) atoms. The summed E-state index contributed by atoms with van der Waals surface area (Å²) < 4.78 is 25.8. The first-order valence-corrected chi connectivity index (χ1v) is 4.76. The molecular weight excluding hydrogens is 251 g/mol. The van der Waals surface area contributed by atoms with Crippen molar-refractivity contribution in [1.82, 2.24) is 5.43 Å². The molecule has 0 saturated carbocycles. The summed E-state index contributed by atoms with van der Waals surface area (Å²) in [5.41, 5.74) is 7.04. The van der Waals surface area contributed by atoms with Gasteiger partial charge < -0.3 is 15.8 Å². The third-order valence-corrected chi connectivity index (χ3v) is 1.87. The van der Waals surface area contributed by atoms with Gasteiger partial charge in [0.15, 0.2) is 16.7 Å². The molecule has 0 atom stereocenters. The number of halogens is 2. The zero-order chi connectivity index (χ0) is 13.0. The number of benzene rings is 1. The van der Waals surface area contributed by atoms with Crippen LogP contribution in [0.3, 0.4) is 0 Å². The monoisotopic (exact) mass is 259 g/mol. The van der Waals surface area contributed by atoms with Crippen LogP contribution in [-0.2, 0) is 0 Å². The maximum Gasteiger partial charge on any atom is 0.489 e. The van der Waals surface area contributed by atoms with Crippen LogP contribution in [0.1, 0.15) is 5.56 Å². The van der Waals surface area contributed by atoms with Crippen LogP contribution in [0.5, 0.6) is 0 Å². The highest BCUT2D eigenvalue weighted by atomic mass is 32.1. The van der Waals surface area contributed by atoms with Crippen LogP contribution in [0.25, 0.3) is 0 Å². The first-order chi connectivity index (χ1) is 7.91. The average molecular weight is 259 g/mol. The van der Waals surface area contributed by atoms with Crippen molar-refractivity contribution < 1.29 is 18.8 Å². The Hall–Kier alpha value is -1.58. The van der Waals surface area contributed by atoms with E-state index >= 15 is 0 Å². The van der Waals surface area contributed by atoms with Crippen molar-refractivity contribution in [2.24, 2.45) is 10.8 Å².